The van der Waals surface area contributed by atoms with Gasteiger partial charge < -0.3 is 30.7 Å². The SMILES string of the molecule is CC\C=C(/N=C(N)\C=C(/O)C(C)(C)C)Nc1cccc(Sc2ncnc3cc(OC)c(OCCN4CCN(CCO)CC4)cc23)c1. The zero-order valence-corrected chi connectivity index (χ0v) is 28.3. The molecule has 0 atom stereocenters. The van der Waals surface area contributed by atoms with Gasteiger partial charge in [-0.05, 0) is 36.8 Å². The van der Waals surface area contributed by atoms with E-state index in [0.717, 1.165) is 72.2 Å². The summed E-state index contributed by atoms with van der Waals surface area (Å²) in [4.78, 5) is 19.2. The third kappa shape index (κ3) is 10.1. The minimum atomic E-state index is -0.422. The van der Waals surface area contributed by atoms with Gasteiger partial charge in [0.05, 0.1) is 19.2 Å². The Morgan fingerprint density at radius 3 is 2.50 bits per heavy atom. The summed E-state index contributed by atoms with van der Waals surface area (Å²) in [7, 11) is 1.63. The molecular weight excluding hydrogens is 602 g/mol. The number of β-amino-alcohol motifs (C(OH)–C–C–N with tert-alkyl or cyclic N) is 1. The van der Waals surface area contributed by atoms with Crippen LogP contribution in [0.25, 0.3) is 10.9 Å². The van der Waals surface area contributed by atoms with E-state index in [-0.39, 0.29) is 18.2 Å². The van der Waals surface area contributed by atoms with Crippen LogP contribution in [0, 0.1) is 5.41 Å². The molecule has 1 aliphatic heterocycles. The fourth-order valence-corrected chi connectivity index (χ4v) is 5.73. The van der Waals surface area contributed by atoms with Crippen LogP contribution in [0.1, 0.15) is 34.1 Å². The van der Waals surface area contributed by atoms with Crippen molar-refractivity contribution in [1.82, 2.24) is 19.8 Å². The van der Waals surface area contributed by atoms with Crippen molar-refractivity contribution in [3.05, 3.63) is 66.5 Å². The quantitative estimate of drug-likeness (QED) is 0.0784. The number of nitrogens with two attached hydrogens (primary N) is 1. The van der Waals surface area contributed by atoms with Crippen LogP contribution in [0.3, 0.4) is 0 Å². The largest absolute Gasteiger partial charge is 0.512 e. The second-order valence-corrected chi connectivity index (χ2v) is 13.1. The number of anilines is 1. The predicted molar refractivity (Wildman–Crippen MR) is 186 cm³/mol. The molecule has 3 aromatic rings. The number of nitrogens with zero attached hydrogens (tertiary/aromatic N) is 5. The van der Waals surface area contributed by atoms with Crippen molar-refractivity contribution in [1.29, 1.82) is 0 Å². The van der Waals surface area contributed by atoms with Gasteiger partial charge >= 0.3 is 0 Å². The average Bonchev–Trinajstić information content (AvgIpc) is 3.02. The molecule has 0 amide bonds. The number of allylic oxidation sites excluding steroid dienone is 2. The number of benzene rings is 2. The van der Waals surface area contributed by atoms with E-state index >= 15 is 0 Å². The van der Waals surface area contributed by atoms with Crippen LogP contribution < -0.4 is 20.5 Å². The summed E-state index contributed by atoms with van der Waals surface area (Å²) in [5, 5.41) is 24.5. The van der Waals surface area contributed by atoms with Crippen molar-refractivity contribution in [2.24, 2.45) is 16.1 Å². The lowest BCUT2D eigenvalue weighted by Crippen LogP contribution is -2.48. The van der Waals surface area contributed by atoms with E-state index in [1.807, 2.05) is 70.2 Å². The van der Waals surface area contributed by atoms with Crippen LogP contribution in [0.5, 0.6) is 11.5 Å². The number of amidine groups is 1. The Morgan fingerprint density at radius 1 is 1.09 bits per heavy atom. The molecule has 0 aliphatic carbocycles. The molecule has 4 rings (SSSR count). The number of aromatic nitrogens is 2. The Balaban J connectivity index is 1.48. The summed E-state index contributed by atoms with van der Waals surface area (Å²) in [5.41, 5.74) is 7.32. The molecule has 11 nitrogen and oxygen atoms in total. The minimum Gasteiger partial charge on any atom is -0.512 e. The Morgan fingerprint density at radius 2 is 1.83 bits per heavy atom. The normalized spacial score (nSPS) is 15.7. The molecule has 1 fully saturated rings. The molecule has 0 spiro atoms. The third-order valence-electron chi connectivity index (χ3n) is 7.45. The molecule has 1 saturated heterocycles. The number of hydrogen-bond acceptors (Lipinski definition) is 11. The number of piperazine rings is 1. The molecule has 2 heterocycles. The fourth-order valence-electron chi connectivity index (χ4n) is 4.80. The van der Waals surface area contributed by atoms with Crippen LogP contribution in [0.2, 0.25) is 0 Å². The standard InChI is InChI=1S/C34H47N7O4S/c1-6-8-32(39-31(35)22-30(43)34(2,3)4)38-24-9-7-10-25(19-24)46-33-26-20-29(28(44-5)21-27(26)36-23-37-33)45-18-16-41-13-11-40(12-14-41)15-17-42/h7-10,19-23,38,42-43H,6,11-18H2,1-5H3,(H2,35,39)/b30-22-,32-8-. The molecule has 0 radical (unpaired) electrons. The maximum absolute atomic E-state index is 10.3. The van der Waals surface area contributed by atoms with Gasteiger partial charge in [-0.1, -0.05) is 45.5 Å². The summed E-state index contributed by atoms with van der Waals surface area (Å²) < 4.78 is 11.9. The highest BCUT2D eigenvalue weighted by molar-refractivity contribution is 7.99. The third-order valence-corrected chi connectivity index (χ3v) is 8.46. The van der Waals surface area contributed by atoms with Gasteiger partial charge in [-0.15, -0.1) is 0 Å². The van der Waals surface area contributed by atoms with Gasteiger partial charge in [0, 0.05) is 72.8 Å². The fraction of sp³-hybridized carbons (Fsp3) is 0.441. The van der Waals surface area contributed by atoms with Crippen molar-refractivity contribution in [3.8, 4) is 11.5 Å². The first-order valence-electron chi connectivity index (χ1n) is 15.6. The highest BCUT2D eigenvalue weighted by Gasteiger charge is 2.18. The number of hydrogen-bond donors (Lipinski definition) is 4. The Hall–Kier alpha value is -3.84. The number of aliphatic hydroxyl groups excluding tert-OH is 2. The van der Waals surface area contributed by atoms with Gasteiger partial charge in [0.15, 0.2) is 11.5 Å². The molecule has 5 N–H and O–H groups in total. The Kier molecular flexibility index (Phi) is 12.7. The van der Waals surface area contributed by atoms with Gasteiger partial charge in [0.1, 0.15) is 35.4 Å². The first-order valence-corrected chi connectivity index (χ1v) is 16.4. The molecule has 1 aromatic heterocycles. The van der Waals surface area contributed by atoms with E-state index in [0.29, 0.717) is 23.9 Å². The van der Waals surface area contributed by atoms with E-state index in [1.165, 1.54) is 17.8 Å². The minimum absolute atomic E-state index is 0.166. The lowest BCUT2D eigenvalue weighted by atomic mass is 9.93. The van der Waals surface area contributed by atoms with Crippen molar-refractivity contribution in [2.75, 3.05) is 64.9 Å². The molecule has 12 heteroatoms. The van der Waals surface area contributed by atoms with Crippen LogP contribution in [-0.2, 0) is 0 Å². The van der Waals surface area contributed by atoms with Gasteiger partial charge in [0.2, 0.25) is 0 Å². The average molecular weight is 650 g/mol. The van der Waals surface area contributed by atoms with E-state index in [1.54, 1.807) is 13.4 Å². The molecule has 248 valence electrons. The smallest absolute Gasteiger partial charge is 0.162 e. The highest BCUT2D eigenvalue weighted by atomic mass is 32.2. The van der Waals surface area contributed by atoms with Crippen LogP contribution in [-0.4, -0.2) is 95.4 Å². The van der Waals surface area contributed by atoms with Crippen molar-refractivity contribution >= 4 is 34.2 Å². The lowest BCUT2D eigenvalue weighted by molar-refractivity contribution is 0.101. The summed E-state index contributed by atoms with van der Waals surface area (Å²) in [6.07, 6.45) is 5.75. The second-order valence-electron chi connectivity index (χ2n) is 12.0. The molecule has 0 unspecified atom stereocenters. The van der Waals surface area contributed by atoms with E-state index in [9.17, 15) is 10.2 Å². The van der Waals surface area contributed by atoms with E-state index in [4.69, 9.17) is 15.2 Å². The Bertz CT molecular complexity index is 1550. The van der Waals surface area contributed by atoms with Gasteiger partial charge in [-0.25, -0.2) is 15.0 Å². The highest BCUT2D eigenvalue weighted by Crippen LogP contribution is 2.38. The summed E-state index contributed by atoms with van der Waals surface area (Å²) in [6, 6.07) is 11.8. The number of ether oxygens (including phenoxy) is 2. The van der Waals surface area contributed by atoms with E-state index < -0.39 is 5.41 Å². The molecule has 1 aliphatic rings. The predicted octanol–water partition coefficient (Wildman–Crippen LogP) is 5.29. The zero-order chi connectivity index (χ0) is 33.1. The number of methoxy groups -OCH3 is 1. The van der Waals surface area contributed by atoms with E-state index in [2.05, 4.69) is 30.1 Å². The monoisotopic (exact) mass is 649 g/mol. The van der Waals surface area contributed by atoms with Crippen LogP contribution in [0.15, 0.2) is 81.4 Å². The molecule has 0 bridgehead atoms. The van der Waals surface area contributed by atoms with Gasteiger partial charge in [0.25, 0.3) is 0 Å². The first-order chi connectivity index (χ1) is 22.1. The molecule has 2 aromatic carbocycles. The maximum atomic E-state index is 10.3. The second kappa shape index (κ2) is 16.6. The summed E-state index contributed by atoms with van der Waals surface area (Å²) in [5.74, 6) is 2.25. The van der Waals surface area contributed by atoms with Gasteiger partial charge in [-0.2, -0.15) is 0 Å². The first kappa shape index (κ1) is 35.0. The van der Waals surface area contributed by atoms with Crippen molar-refractivity contribution in [3.63, 3.8) is 0 Å². The molecule has 46 heavy (non-hydrogen) atoms. The number of nitrogens with one attached hydrogen (secondary N) is 1. The Labute approximate surface area is 276 Å². The van der Waals surface area contributed by atoms with Gasteiger partial charge in [-0.3, -0.25) is 9.80 Å². The number of rotatable bonds is 14. The van der Waals surface area contributed by atoms with Crippen LogP contribution in [0.4, 0.5) is 5.69 Å². The maximum Gasteiger partial charge on any atom is 0.162 e. The summed E-state index contributed by atoms with van der Waals surface area (Å²) in [6.45, 7) is 13.8. The zero-order valence-electron chi connectivity index (χ0n) is 27.5. The topological polar surface area (TPSA) is 142 Å². The summed E-state index contributed by atoms with van der Waals surface area (Å²) >= 11 is 1.53. The number of aliphatic hydroxyl groups is 2. The van der Waals surface area contributed by atoms with Crippen LogP contribution >= 0.6 is 11.8 Å². The van der Waals surface area contributed by atoms with Crippen molar-refractivity contribution in [2.45, 2.75) is 44.0 Å². The number of fused-ring (bicyclic) bond motifs is 1. The lowest BCUT2D eigenvalue weighted by Gasteiger charge is -2.34. The molecular formula is C34H47N7O4S. The number of aliphatic imine (C=N–C) groups is 1. The molecule has 0 saturated carbocycles. The van der Waals surface area contributed by atoms with Crippen molar-refractivity contribution < 1.29 is 19.7 Å².